The minimum atomic E-state index is -0.728. The van der Waals surface area contributed by atoms with E-state index in [9.17, 15) is 9.18 Å². The van der Waals surface area contributed by atoms with Gasteiger partial charge in [0.1, 0.15) is 12.0 Å². The molecule has 1 aromatic carbocycles. The monoisotopic (exact) mass is 216 g/mol. The molecule has 1 aromatic rings. The van der Waals surface area contributed by atoms with E-state index < -0.39 is 11.7 Å². The summed E-state index contributed by atoms with van der Waals surface area (Å²) >= 11 is 5.50. The summed E-state index contributed by atoms with van der Waals surface area (Å²) in [7, 11) is 0. The van der Waals surface area contributed by atoms with Crippen molar-refractivity contribution in [3.05, 3.63) is 29.0 Å². The first kappa shape index (κ1) is 10.5. The second-order valence-electron chi connectivity index (χ2n) is 2.36. The lowest BCUT2D eigenvalue weighted by atomic mass is 10.3. The molecule has 0 spiro atoms. The van der Waals surface area contributed by atoms with Crippen LogP contribution in [0.4, 0.5) is 10.1 Å². The zero-order valence-electron chi connectivity index (χ0n) is 6.87. The van der Waals surface area contributed by atoms with Crippen molar-refractivity contribution in [3.63, 3.8) is 0 Å². The quantitative estimate of drug-likeness (QED) is 0.450. The maximum absolute atomic E-state index is 13.0. The molecule has 1 amide bonds. The van der Waals surface area contributed by atoms with E-state index in [1.165, 1.54) is 12.1 Å². The van der Waals surface area contributed by atoms with Gasteiger partial charge in [0, 0.05) is 5.02 Å². The zero-order valence-corrected chi connectivity index (χ0v) is 7.62. The predicted octanol–water partition coefficient (Wildman–Crippen LogP) is 1.88. The van der Waals surface area contributed by atoms with Crippen LogP contribution in [-0.4, -0.2) is 17.3 Å². The van der Waals surface area contributed by atoms with E-state index in [2.05, 4.69) is 10.5 Å². The Labute approximate surface area is 84.0 Å². The van der Waals surface area contributed by atoms with E-state index in [1.807, 2.05) is 0 Å². The number of nitrogens with zero attached hydrogens (tertiary/aromatic N) is 1. The molecule has 2 N–H and O–H groups in total. The fraction of sp³-hybridized carbons (Fsp3) is 0. The van der Waals surface area contributed by atoms with Crippen LogP contribution >= 0.6 is 11.6 Å². The van der Waals surface area contributed by atoms with E-state index in [0.29, 0.717) is 6.21 Å². The maximum Gasteiger partial charge on any atom is 0.270 e. The Hall–Kier alpha value is -1.62. The minimum absolute atomic E-state index is 0.0284. The SMILES string of the molecule is O=C(/C=N/O)Nc1ccc(Cl)cc1F. The molecule has 0 radical (unpaired) electrons. The molecule has 4 nitrogen and oxygen atoms in total. The molecule has 1 rings (SSSR count). The summed E-state index contributed by atoms with van der Waals surface area (Å²) in [6.45, 7) is 0. The number of hydrogen-bond acceptors (Lipinski definition) is 3. The lowest BCUT2D eigenvalue weighted by Gasteiger charge is -2.02. The summed E-state index contributed by atoms with van der Waals surface area (Å²) in [6.07, 6.45) is 0.619. The Morgan fingerprint density at radius 2 is 2.36 bits per heavy atom. The smallest absolute Gasteiger partial charge is 0.270 e. The lowest BCUT2D eigenvalue weighted by Crippen LogP contribution is -2.13. The van der Waals surface area contributed by atoms with E-state index in [4.69, 9.17) is 16.8 Å². The Morgan fingerprint density at radius 1 is 1.64 bits per heavy atom. The third-order valence-electron chi connectivity index (χ3n) is 1.36. The predicted molar refractivity (Wildman–Crippen MR) is 50.3 cm³/mol. The Morgan fingerprint density at radius 3 is 2.93 bits per heavy atom. The van der Waals surface area contributed by atoms with Gasteiger partial charge in [-0.1, -0.05) is 16.8 Å². The topological polar surface area (TPSA) is 61.7 Å². The van der Waals surface area contributed by atoms with Crippen molar-refractivity contribution < 1.29 is 14.4 Å². The van der Waals surface area contributed by atoms with Crippen LogP contribution in [0.5, 0.6) is 0 Å². The van der Waals surface area contributed by atoms with E-state index in [-0.39, 0.29) is 10.7 Å². The molecule has 0 aliphatic rings. The molecule has 6 heteroatoms. The number of carbonyl (C=O) groups excluding carboxylic acids is 1. The second kappa shape index (κ2) is 4.57. The fourth-order valence-electron chi connectivity index (χ4n) is 0.808. The van der Waals surface area contributed by atoms with Crippen LogP contribution in [0.25, 0.3) is 0 Å². The van der Waals surface area contributed by atoms with Crippen molar-refractivity contribution in [1.82, 2.24) is 0 Å². The largest absolute Gasteiger partial charge is 0.411 e. The van der Waals surface area contributed by atoms with Crippen LogP contribution in [0.3, 0.4) is 0 Å². The van der Waals surface area contributed by atoms with Gasteiger partial charge in [-0.3, -0.25) is 4.79 Å². The van der Waals surface area contributed by atoms with Crippen molar-refractivity contribution in [2.45, 2.75) is 0 Å². The third-order valence-corrected chi connectivity index (χ3v) is 1.60. The number of benzene rings is 1. The number of oxime groups is 1. The molecule has 0 unspecified atom stereocenters. The van der Waals surface area contributed by atoms with Crippen LogP contribution in [-0.2, 0) is 4.79 Å². The number of halogens is 2. The highest BCUT2D eigenvalue weighted by atomic mass is 35.5. The summed E-state index contributed by atoms with van der Waals surface area (Å²) in [4.78, 5) is 10.8. The molecule has 0 fully saturated rings. The summed E-state index contributed by atoms with van der Waals surface area (Å²) in [6, 6.07) is 3.80. The minimum Gasteiger partial charge on any atom is -0.411 e. The van der Waals surface area contributed by atoms with Crippen LogP contribution in [0.15, 0.2) is 23.4 Å². The standard InChI is InChI=1S/C8H6ClFN2O2/c9-5-1-2-7(6(10)3-5)12-8(13)4-11-14/h1-4,14H,(H,12,13)/b11-4+. The maximum atomic E-state index is 13.0. The van der Waals surface area contributed by atoms with Gasteiger partial charge in [0.25, 0.3) is 5.91 Å². The summed E-state index contributed by atoms with van der Waals surface area (Å²) in [5, 5.41) is 12.9. The van der Waals surface area contributed by atoms with Crippen molar-refractivity contribution in [2.75, 3.05) is 5.32 Å². The van der Waals surface area contributed by atoms with Gasteiger partial charge in [-0.05, 0) is 18.2 Å². The van der Waals surface area contributed by atoms with Crippen LogP contribution in [0.2, 0.25) is 5.02 Å². The molecular weight excluding hydrogens is 211 g/mol. The van der Waals surface area contributed by atoms with Gasteiger partial charge in [0.05, 0.1) is 5.69 Å². The highest BCUT2D eigenvalue weighted by molar-refractivity contribution is 6.32. The molecule has 74 valence electrons. The molecular formula is C8H6ClFN2O2. The molecule has 0 bridgehead atoms. The van der Waals surface area contributed by atoms with E-state index >= 15 is 0 Å². The zero-order chi connectivity index (χ0) is 10.6. The summed E-state index contributed by atoms with van der Waals surface area (Å²) in [5.74, 6) is -1.38. The van der Waals surface area contributed by atoms with Crippen molar-refractivity contribution in [2.24, 2.45) is 5.16 Å². The number of hydrogen-bond donors (Lipinski definition) is 2. The van der Waals surface area contributed by atoms with Crippen molar-refractivity contribution in [1.29, 1.82) is 0 Å². The first-order chi connectivity index (χ1) is 6.63. The molecule has 0 aromatic heterocycles. The molecule has 14 heavy (non-hydrogen) atoms. The van der Waals surface area contributed by atoms with Gasteiger partial charge < -0.3 is 10.5 Å². The van der Waals surface area contributed by atoms with Crippen molar-refractivity contribution >= 4 is 29.4 Å². The number of anilines is 1. The van der Waals surface area contributed by atoms with Gasteiger partial charge in [0.15, 0.2) is 0 Å². The average molecular weight is 217 g/mol. The highest BCUT2D eigenvalue weighted by Crippen LogP contribution is 2.18. The van der Waals surface area contributed by atoms with Crippen LogP contribution < -0.4 is 5.32 Å². The van der Waals surface area contributed by atoms with E-state index in [1.54, 1.807) is 0 Å². The molecule has 0 aliphatic carbocycles. The van der Waals surface area contributed by atoms with Gasteiger partial charge in [-0.2, -0.15) is 0 Å². The normalized spacial score (nSPS) is 10.4. The van der Waals surface area contributed by atoms with E-state index in [0.717, 1.165) is 6.07 Å². The Balaban J connectivity index is 2.82. The van der Waals surface area contributed by atoms with Crippen LogP contribution in [0, 0.1) is 5.82 Å². The third kappa shape index (κ3) is 2.70. The second-order valence-corrected chi connectivity index (χ2v) is 2.79. The first-order valence-electron chi connectivity index (χ1n) is 3.57. The number of amides is 1. The highest BCUT2D eigenvalue weighted by Gasteiger charge is 2.05. The first-order valence-corrected chi connectivity index (χ1v) is 3.94. The average Bonchev–Trinajstić information content (AvgIpc) is 2.10. The number of nitrogens with one attached hydrogen (secondary N) is 1. The molecule has 0 saturated carbocycles. The van der Waals surface area contributed by atoms with Gasteiger partial charge in [-0.15, -0.1) is 0 Å². The van der Waals surface area contributed by atoms with Gasteiger partial charge in [0.2, 0.25) is 0 Å². The van der Waals surface area contributed by atoms with Gasteiger partial charge >= 0.3 is 0 Å². The lowest BCUT2D eigenvalue weighted by molar-refractivity contribution is -0.110. The number of carbonyl (C=O) groups is 1. The van der Waals surface area contributed by atoms with Crippen molar-refractivity contribution in [3.8, 4) is 0 Å². The molecule has 0 heterocycles. The fourth-order valence-corrected chi connectivity index (χ4v) is 0.967. The Bertz CT molecular complexity index is 382. The summed E-state index contributed by atoms with van der Waals surface area (Å²) in [5.41, 5.74) is -0.0284. The van der Waals surface area contributed by atoms with Gasteiger partial charge in [-0.25, -0.2) is 4.39 Å². The van der Waals surface area contributed by atoms with Crippen LogP contribution in [0.1, 0.15) is 0 Å². The molecule has 0 aliphatic heterocycles. The molecule has 0 atom stereocenters. The summed E-state index contributed by atoms with van der Waals surface area (Å²) < 4.78 is 13.0. The Kier molecular flexibility index (Phi) is 3.41. The number of rotatable bonds is 2. The molecule has 0 saturated heterocycles.